The van der Waals surface area contributed by atoms with Crippen LogP contribution in [0.15, 0.2) is 218 Å². The minimum absolute atomic E-state index is 1.16. The molecule has 262 valence electrons. The normalized spacial score (nSPS) is 11.6. The van der Waals surface area contributed by atoms with Crippen LogP contribution in [0.25, 0.3) is 99.5 Å². The molecule has 2 heteroatoms. The van der Waals surface area contributed by atoms with Crippen LogP contribution >= 0.6 is 0 Å². The van der Waals surface area contributed by atoms with Crippen LogP contribution in [0.1, 0.15) is 0 Å². The molecule has 0 radical (unpaired) electrons. The van der Waals surface area contributed by atoms with Gasteiger partial charge in [0.05, 0.1) is 22.1 Å². The monoisotopic (exact) mass is 712 g/mol. The van der Waals surface area contributed by atoms with E-state index in [1.807, 2.05) is 0 Å². The van der Waals surface area contributed by atoms with E-state index in [1.165, 1.54) is 88.1 Å². The van der Waals surface area contributed by atoms with Gasteiger partial charge in [0.15, 0.2) is 0 Å². The second-order valence-corrected chi connectivity index (χ2v) is 14.6. The highest BCUT2D eigenvalue weighted by molar-refractivity contribution is 6.13. The molecule has 0 atom stereocenters. The van der Waals surface area contributed by atoms with Gasteiger partial charge in [-0.05, 0) is 111 Å². The summed E-state index contributed by atoms with van der Waals surface area (Å²) in [5, 5.41) is 4.98. The molecule has 2 nitrogen and oxygen atoms in total. The van der Waals surface area contributed by atoms with Crippen molar-refractivity contribution in [1.82, 2.24) is 9.13 Å². The molecule has 0 amide bonds. The summed E-state index contributed by atoms with van der Waals surface area (Å²) in [4.78, 5) is 0. The van der Waals surface area contributed by atoms with E-state index in [2.05, 4.69) is 228 Å². The Morgan fingerprint density at radius 3 is 1.00 bits per heavy atom. The van der Waals surface area contributed by atoms with Gasteiger partial charge in [0.1, 0.15) is 0 Å². The van der Waals surface area contributed by atoms with Crippen LogP contribution in [-0.4, -0.2) is 9.13 Å². The Hall–Kier alpha value is -7.42. The lowest BCUT2D eigenvalue weighted by molar-refractivity contribution is 1.18. The van der Waals surface area contributed by atoms with Gasteiger partial charge in [-0.2, -0.15) is 0 Å². The van der Waals surface area contributed by atoms with Crippen LogP contribution in [0.2, 0.25) is 0 Å². The minimum Gasteiger partial charge on any atom is -0.309 e. The topological polar surface area (TPSA) is 9.86 Å². The number of benzene rings is 9. The van der Waals surface area contributed by atoms with Crippen LogP contribution in [-0.2, 0) is 0 Å². The van der Waals surface area contributed by atoms with Crippen LogP contribution in [0.4, 0.5) is 0 Å². The summed E-state index contributed by atoms with van der Waals surface area (Å²) in [7, 11) is 0. The Kier molecular flexibility index (Phi) is 7.53. The maximum atomic E-state index is 2.40. The molecule has 0 N–H and O–H groups in total. The predicted molar refractivity (Wildman–Crippen MR) is 237 cm³/mol. The zero-order valence-electron chi connectivity index (χ0n) is 30.7. The van der Waals surface area contributed by atoms with Crippen molar-refractivity contribution in [2.24, 2.45) is 0 Å². The zero-order valence-corrected chi connectivity index (χ0v) is 30.7. The van der Waals surface area contributed by atoms with Crippen molar-refractivity contribution in [3.8, 4) is 55.9 Å². The Morgan fingerprint density at radius 2 is 0.500 bits per heavy atom. The number of aromatic nitrogens is 2. The first kappa shape index (κ1) is 32.0. The second-order valence-electron chi connectivity index (χ2n) is 14.6. The molecule has 11 rings (SSSR count). The molecule has 0 saturated heterocycles. The maximum absolute atomic E-state index is 2.40. The summed E-state index contributed by atoms with van der Waals surface area (Å²) in [6.07, 6.45) is 0. The van der Waals surface area contributed by atoms with E-state index in [0.29, 0.717) is 0 Å². The van der Waals surface area contributed by atoms with Gasteiger partial charge >= 0.3 is 0 Å². The fourth-order valence-electron chi connectivity index (χ4n) is 8.59. The lowest BCUT2D eigenvalue weighted by atomic mass is 9.98. The number of fused-ring (bicyclic) bond motifs is 6. The van der Waals surface area contributed by atoms with E-state index in [9.17, 15) is 0 Å². The van der Waals surface area contributed by atoms with Crippen molar-refractivity contribution < 1.29 is 0 Å². The van der Waals surface area contributed by atoms with Crippen LogP contribution in [0, 0.1) is 0 Å². The smallest absolute Gasteiger partial charge is 0.0541 e. The first-order valence-corrected chi connectivity index (χ1v) is 19.3. The molecule has 9 aromatic carbocycles. The van der Waals surface area contributed by atoms with Gasteiger partial charge in [0.25, 0.3) is 0 Å². The SMILES string of the molecule is c1ccc(-c2ccc(-c3ccc4c(c3)c3cc(-c5ccc6c(c5)c5ccccc5n6-c5ccc(-c6ccccc6)cc5)ccc3n4-c3ccccc3)cc2)cc1. The quantitative estimate of drug-likeness (QED) is 0.162. The zero-order chi connectivity index (χ0) is 37.0. The van der Waals surface area contributed by atoms with Crippen LogP contribution in [0.5, 0.6) is 0 Å². The Bertz CT molecular complexity index is 3190. The predicted octanol–water partition coefficient (Wildman–Crippen LogP) is 14.5. The molecule has 0 saturated carbocycles. The van der Waals surface area contributed by atoms with E-state index >= 15 is 0 Å². The molecule has 2 heterocycles. The molecule has 0 fully saturated rings. The number of para-hydroxylation sites is 2. The average molecular weight is 713 g/mol. The Balaban J connectivity index is 1.04. The fraction of sp³-hybridized carbons (Fsp3) is 0. The molecule has 0 bridgehead atoms. The van der Waals surface area contributed by atoms with Gasteiger partial charge in [0.2, 0.25) is 0 Å². The first-order valence-electron chi connectivity index (χ1n) is 19.3. The average Bonchev–Trinajstić information content (AvgIpc) is 3.79. The highest BCUT2D eigenvalue weighted by Crippen LogP contribution is 2.40. The third kappa shape index (κ3) is 5.34. The minimum atomic E-state index is 1.16. The third-order valence-corrected chi connectivity index (χ3v) is 11.3. The van der Waals surface area contributed by atoms with Gasteiger partial charge in [-0.15, -0.1) is 0 Å². The van der Waals surface area contributed by atoms with E-state index < -0.39 is 0 Å². The van der Waals surface area contributed by atoms with Crippen molar-refractivity contribution in [2.45, 2.75) is 0 Å². The second kappa shape index (κ2) is 13.2. The van der Waals surface area contributed by atoms with E-state index in [-0.39, 0.29) is 0 Å². The molecular formula is C54H36N2. The van der Waals surface area contributed by atoms with Gasteiger partial charge in [-0.25, -0.2) is 0 Å². The molecule has 2 aromatic heterocycles. The van der Waals surface area contributed by atoms with Crippen molar-refractivity contribution in [2.75, 3.05) is 0 Å². The van der Waals surface area contributed by atoms with Crippen molar-refractivity contribution >= 4 is 43.6 Å². The summed E-state index contributed by atoms with van der Waals surface area (Å²) in [5.41, 5.74) is 16.8. The highest BCUT2D eigenvalue weighted by atomic mass is 15.0. The molecule has 0 spiro atoms. The molecule has 0 unspecified atom stereocenters. The standard InChI is InChI=1S/C54H36N2/c1-4-12-37(13-5-1)39-20-22-41(23-21-39)42-26-31-53-49(34-42)50-36-44(28-33-54(50)55(53)45-16-8-3-9-17-45)43-27-32-52-48(35-43)47-18-10-11-19-51(47)56(52)46-29-24-40(25-30-46)38-14-6-2-7-15-38/h1-36H. The van der Waals surface area contributed by atoms with E-state index in [0.717, 1.165) is 11.4 Å². The van der Waals surface area contributed by atoms with Crippen LogP contribution in [0.3, 0.4) is 0 Å². The summed E-state index contributed by atoms with van der Waals surface area (Å²) >= 11 is 0. The molecular weight excluding hydrogens is 677 g/mol. The summed E-state index contributed by atoms with van der Waals surface area (Å²) in [5.74, 6) is 0. The van der Waals surface area contributed by atoms with Gasteiger partial charge in [-0.3, -0.25) is 0 Å². The fourth-order valence-corrected chi connectivity index (χ4v) is 8.59. The van der Waals surface area contributed by atoms with Gasteiger partial charge < -0.3 is 9.13 Å². The highest BCUT2D eigenvalue weighted by Gasteiger charge is 2.17. The molecule has 56 heavy (non-hydrogen) atoms. The number of hydrogen-bond donors (Lipinski definition) is 0. The van der Waals surface area contributed by atoms with Crippen molar-refractivity contribution in [1.29, 1.82) is 0 Å². The molecule has 0 aliphatic rings. The summed E-state index contributed by atoms with van der Waals surface area (Å²) < 4.78 is 4.80. The van der Waals surface area contributed by atoms with E-state index in [4.69, 9.17) is 0 Å². The van der Waals surface area contributed by atoms with E-state index in [1.54, 1.807) is 0 Å². The maximum Gasteiger partial charge on any atom is 0.0541 e. The molecule has 0 aliphatic heterocycles. The largest absolute Gasteiger partial charge is 0.309 e. The van der Waals surface area contributed by atoms with Crippen molar-refractivity contribution in [3.05, 3.63) is 218 Å². The van der Waals surface area contributed by atoms with Gasteiger partial charge in [0, 0.05) is 32.9 Å². The Morgan fingerprint density at radius 1 is 0.196 bits per heavy atom. The lowest BCUT2D eigenvalue weighted by Crippen LogP contribution is -1.94. The number of rotatable bonds is 6. The number of nitrogens with zero attached hydrogens (tertiary/aromatic N) is 2. The van der Waals surface area contributed by atoms with Gasteiger partial charge in [-0.1, -0.05) is 152 Å². The molecule has 11 aromatic rings. The molecule has 0 aliphatic carbocycles. The summed E-state index contributed by atoms with van der Waals surface area (Å²) in [6.45, 7) is 0. The van der Waals surface area contributed by atoms with Crippen molar-refractivity contribution in [3.63, 3.8) is 0 Å². The number of hydrogen-bond acceptors (Lipinski definition) is 0. The first-order chi connectivity index (χ1) is 27.8. The summed E-state index contributed by atoms with van der Waals surface area (Å²) in [6, 6.07) is 79.4. The van der Waals surface area contributed by atoms with Crippen LogP contribution < -0.4 is 0 Å². The Labute approximate surface area is 325 Å². The third-order valence-electron chi connectivity index (χ3n) is 11.3. The lowest BCUT2D eigenvalue weighted by Gasteiger charge is -2.10.